The van der Waals surface area contributed by atoms with Crippen LogP contribution in [-0.2, 0) is 9.59 Å². The summed E-state index contributed by atoms with van der Waals surface area (Å²) in [6.45, 7) is 3.03. The van der Waals surface area contributed by atoms with Crippen molar-refractivity contribution >= 4 is 11.9 Å². The van der Waals surface area contributed by atoms with E-state index < -0.39 is 5.97 Å². The number of unbranched alkanes of at least 4 members (excludes halogenated alkanes) is 10. The molecule has 0 rings (SSSR count). The molecule has 6 nitrogen and oxygen atoms in total. The molecule has 0 saturated heterocycles. The number of aliphatic hydroxyl groups is 1. The summed E-state index contributed by atoms with van der Waals surface area (Å²) in [6, 6.07) is 0. The molecule has 0 aliphatic rings. The zero-order valence-electron chi connectivity index (χ0n) is 17.6. The zero-order valence-corrected chi connectivity index (χ0v) is 19.6. The third-order valence-electron chi connectivity index (χ3n) is 4.54. The first-order chi connectivity index (χ1) is 12.6. The first kappa shape index (κ1) is 29.1. The molecule has 27 heavy (non-hydrogen) atoms. The molecular weight excluding hydrogens is 355 g/mol. The molecule has 0 aliphatic heterocycles. The summed E-state index contributed by atoms with van der Waals surface area (Å²) in [5, 5.41) is 22.1. The van der Waals surface area contributed by atoms with Gasteiger partial charge in [-0.25, -0.2) is 0 Å². The van der Waals surface area contributed by atoms with Crippen LogP contribution >= 0.6 is 0 Å². The SMILES string of the molecule is CCCCCCCCCCCCCC(=O)N(CCO)CCNCC(=O)[O-].[Na+]. The van der Waals surface area contributed by atoms with Gasteiger partial charge in [-0.1, -0.05) is 71.1 Å². The molecule has 0 heterocycles. The Morgan fingerprint density at radius 1 is 0.889 bits per heavy atom. The number of aliphatic hydroxyl groups excluding tert-OH is 1. The Hall–Kier alpha value is -0.140. The Bertz CT molecular complexity index is 357. The van der Waals surface area contributed by atoms with E-state index in [0.717, 1.165) is 12.8 Å². The fourth-order valence-corrected chi connectivity index (χ4v) is 2.98. The van der Waals surface area contributed by atoms with Gasteiger partial charge >= 0.3 is 29.6 Å². The molecule has 0 spiro atoms. The number of nitrogens with zero attached hydrogens (tertiary/aromatic N) is 1. The standard InChI is InChI=1S/C20H40N2O4.Na/c1-2-3-4-5-6-7-8-9-10-11-12-13-19(24)22(16-17-23)15-14-21-18-20(25)26;/h21,23H,2-18H2,1H3,(H,25,26);/q;+1/p-1. The van der Waals surface area contributed by atoms with Gasteiger partial charge < -0.3 is 25.2 Å². The van der Waals surface area contributed by atoms with Crippen LogP contribution in [0.1, 0.15) is 84.0 Å². The van der Waals surface area contributed by atoms with Gasteiger partial charge in [0.05, 0.1) is 12.6 Å². The molecule has 0 fully saturated rings. The normalized spacial score (nSPS) is 10.4. The van der Waals surface area contributed by atoms with Gasteiger partial charge in [0.1, 0.15) is 0 Å². The van der Waals surface area contributed by atoms with Gasteiger partial charge in [0, 0.05) is 32.6 Å². The van der Waals surface area contributed by atoms with Crippen LogP contribution in [0, 0.1) is 0 Å². The second kappa shape index (κ2) is 22.2. The number of amides is 1. The van der Waals surface area contributed by atoms with Crippen molar-refractivity contribution in [2.75, 3.05) is 32.8 Å². The van der Waals surface area contributed by atoms with Crippen molar-refractivity contribution < 1.29 is 49.4 Å². The Labute approximate surface area is 187 Å². The molecule has 0 saturated carbocycles. The van der Waals surface area contributed by atoms with Crippen LogP contribution < -0.4 is 40.0 Å². The summed E-state index contributed by atoms with van der Waals surface area (Å²) in [7, 11) is 0. The summed E-state index contributed by atoms with van der Waals surface area (Å²) in [5.41, 5.74) is 0. The maximum absolute atomic E-state index is 12.2. The predicted molar refractivity (Wildman–Crippen MR) is 103 cm³/mol. The molecule has 0 unspecified atom stereocenters. The van der Waals surface area contributed by atoms with Crippen LogP contribution in [0.2, 0.25) is 0 Å². The van der Waals surface area contributed by atoms with Gasteiger partial charge in [0.15, 0.2) is 0 Å². The summed E-state index contributed by atoms with van der Waals surface area (Å²) < 4.78 is 0. The number of carboxylic acid groups (broad SMARTS) is 1. The molecular formula is C20H39N2NaO4. The quantitative estimate of drug-likeness (QED) is 0.213. The van der Waals surface area contributed by atoms with Crippen molar-refractivity contribution in [2.45, 2.75) is 84.0 Å². The molecule has 0 aromatic heterocycles. The Kier molecular flexibility index (Phi) is 23.8. The van der Waals surface area contributed by atoms with Crippen molar-refractivity contribution in [3.63, 3.8) is 0 Å². The van der Waals surface area contributed by atoms with E-state index in [1.807, 2.05) is 0 Å². The molecule has 154 valence electrons. The van der Waals surface area contributed by atoms with Crippen LogP contribution in [0.5, 0.6) is 0 Å². The number of carboxylic acids is 1. The number of hydrogen-bond acceptors (Lipinski definition) is 5. The zero-order chi connectivity index (χ0) is 19.5. The van der Waals surface area contributed by atoms with E-state index in [9.17, 15) is 14.7 Å². The van der Waals surface area contributed by atoms with E-state index in [4.69, 9.17) is 5.11 Å². The van der Waals surface area contributed by atoms with Gasteiger partial charge in [-0.05, 0) is 6.42 Å². The maximum Gasteiger partial charge on any atom is 1.00 e. The third-order valence-corrected chi connectivity index (χ3v) is 4.54. The van der Waals surface area contributed by atoms with Gasteiger partial charge in [-0.15, -0.1) is 0 Å². The van der Waals surface area contributed by atoms with E-state index in [1.54, 1.807) is 4.90 Å². The molecule has 2 N–H and O–H groups in total. The van der Waals surface area contributed by atoms with E-state index in [-0.39, 0.29) is 48.6 Å². The fourth-order valence-electron chi connectivity index (χ4n) is 2.98. The molecule has 0 aromatic rings. The van der Waals surface area contributed by atoms with E-state index in [1.165, 1.54) is 57.8 Å². The minimum Gasteiger partial charge on any atom is -0.549 e. The van der Waals surface area contributed by atoms with Gasteiger partial charge in [0.2, 0.25) is 5.91 Å². The molecule has 1 amide bonds. The van der Waals surface area contributed by atoms with E-state index in [2.05, 4.69) is 12.2 Å². The number of nitrogens with one attached hydrogen (secondary N) is 1. The molecule has 0 bridgehead atoms. The predicted octanol–water partition coefficient (Wildman–Crippen LogP) is -1.15. The second-order valence-corrected chi connectivity index (χ2v) is 6.94. The monoisotopic (exact) mass is 394 g/mol. The number of hydrogen-bond donors (Lipinski definition) is 2. The minimum atomic E-state index is -1.16. The number of carbonyl (C=O) groups excluding carboxylic acids is 2. The molecule has 0 aromatic carbocycles. The smallest absolute Gasteiger partial charge is 0.549 e. The van der Waals surface area contributed by atoms with Gasteiger partial charge in [-0.2, -0.15) is 0 Å². The van der Waals surface area contributed by atoms with Crippen molar-refractivity contribution in [2.24, 2.45) is 0 Å². The summed E-state index contributed by atoms with van der Waals surface area (Å²) in [6.07, 6.45) is 14.2. The average Bonchev–Trinajstić information content (AvgIpc) is 2.61. The Morgan fingerprint density at radius 2 is 1.41 bits per heavy atom. The number of aliphatic carboxylic acids is 1. The second-order valence-electron chi connectivity index (χ2n) is 6.94. The van der Waals surface area contributed by atoms with Gasteiger partial charge in [0.25, 0.3) is 0 Å². The number of carbonyl (C=O) groups is 2. The number of rotatable bonds is 19. The van der Waals surface area contributed by atoms with Gasteiger partial charge in [-0.3, -0.25) is 4.79 Å². The van der Waals surface area contributed by atoms with Crippen molar-refractivity contribution in [3.8, 4) is 0 Å². The van der Waals surface area contributed by atoms with Crippen LogP contribution in [0.3, 0.4) is 0 Å². The van der Waals surface area contributed by atoms with Crippen LogP contribution in [0.15, 0.2) is 0 Å². The molecule has 0 aliphatic carbocycles. The van der Waals surface area contributed by atoms with E-state index in [0.29, 0.717) is 26.1 Å². The first-order valence-electron chi connectivity index (χ1n) is 10.4. The van der Waals surface area contributed by atoms with Crippen molar-refractivity contribution in [1.82, 2.24) is 10.2 Å². The first-order valence-corrected chi connectivity index (χ1v) is 10.4. The molecule has 0 radical (unpaired) electrons. The summed E-state index contributed by atoms with van der Waals surface area (Å²) >= 11 is 0. The van der Waals surface area contributed by atoms with Crippen molar-refractivity contribution in [1.29, 1.82) is 0 Å². The molecule has 0 atom stereocenters. The summed E-state index contributed by atoms with van der Waals surface area (Å²) in [4.78, 5) is 24.1. The third kappa shape index (κ3) is 20.4. The van der Waals surface area contributed by atoms with Crippen molar-refractivity contribution in [3.05, 3.63) is 0 Å². The fraction of sp³-hybridized carbons (Fsp3) is 0.900. The molecule has 7 heteroatoms. The van der Waals surface area contributed by atoms with Crippen LogP contribution in [-0.4, -0.2) is 54.7 Å². The maximum atomic E-state index is 12.2. The topological polar surface area (TPSA) is 92.7 Å². The van der Waals surface area contributed by atoms with E-state index >= 15 is 0 Å². The Morgan fingerprint density at radius 3 is 1.89 bits per heavy atom. The van der Waals surface area contributed by atoms with Crippen LogP contribution in [0.25, 0.3) is 0 Å². The Balaban J connectivity index is 0. The average molecular weight is 395 g/mol. The summed E-state index contributed by atoms with van der Waals surface area (Å²) in [5.74, 6) is -1.13. The minimum absolute atomic E-state index is 0. The largest absolute Gasteiger partial charge is 1.00 e. The van der Waals surface area contributed by atoms with Crippen LogP contribution in [0.4, 0.5) is 0 Å².